The molecule has 0 aliphatic carbocycles. The number of hydrogen-bond acceptors (Lipinski definition) is 7. The highest BCUT2D eigenvalue weighted by molar-refractivity contribution is 7.92. The molecule has 0 bridgehead atoms. The van der Waals surface area contributed by atoms with E-state index in [1.165, 1.54) is 4.90 Å². The summed E-state index contributed by atoms with van der Waals surface area (Å²) in [4.78, 5) is 18.1. The molecule has 28 heavy (non-hydrogen) atoms. The maximum absolute atomic E-state index is 12.2. The molecule has 9 nitrogen and oxygen atoms in total. The molecule has 0 saturated carbocycles. The van der Waals surface area contributed by atoms with E-state index in [-0.39, 0.29) is 24.9 Å². The number of anilines is 2. The van der Waals surface area contributed by atoms with Crippen molar-refractivity contribution in [1.82, 2.24) is 10.1 Å². The van der Waals surface area contributed by atoms with Gasteiger partial charge in [-0.25, -0.2) is 8.42 Å². The van der Waals surface area contributed by atoms with Crippen molar-refractivity contribution >= 4 is 27.3 Å². The second-order valence-corrected chi connectivity index (χ2v) is 7.95. The van der Waals surface area contributed by atoms with Crippen molar-refractivity contribution in [2.75, 3.05) is 22.5 Å². The van der Waals surface area contributed by atoms with Crippen molar-refractivity contribution in [2.45, 2.75) is 6.54 Å². The summed E-state index contributed by atoms with van der Waals surface area (Å²) in [5, 5.41) is 3.94. The molecule has 0 radical (unpaired) electrons. The van der Waals surface area contributed by atoms with E-state index in [0.29, 0.717) is 28.5 Å². The molecular weight excluding hydrogens is 384 g/mol. The first-order chi connectivity index (χ1) is 13.4. The fourth-order valence-electron chi connectivity index (χ4n) is 2.80. The standard InChI is InChI=1S/C18H16N4O5S/c1-28(24,25)21-13-8-6-12(7-9-13)18-19-16(27-20-18)10-22-14-4-2-3-5-15(14)26-11-17(22)23/h2-9,21H,10-11H2,1H3. The van der Waals surface area contributed by atoms with Gasteiger partial charge in [-0.15, -0.1) is 0 Å². The fourth-order valence-corrected chi connectivity index (χ4v) is 3.36. The lowest BCUT2D eigenvalue weighted by molar-refractivity contribution is -0.121. The van der Waals surface area contributed by atoms with Crippen LogP contribution in [0.15, 0.2) is 53.1 Å². The summed E-state index contributed by atoms with van der Waals surface area (Å²) in [6.45, 7) is 0.0761. The van der Waals surface area contributed by atoms with Gasteiger partial charge >= 0.3 is 0 Å². The van der Waals surface area contributed by atoms with Gasteiger partial charge in [0.2, 0.25) is 21.7 Å². The van der Waals surface area contributed by atoms with E-state index in [9.17, 15) is 13.2 Å². The molecule has 1 aromatic heterocycles. The highest BCUT2D eigenvalue weighted by Crippen LogP contribution is 2.32. The molecule has 1 aliphatic rings. The maximum atomic E-state index is 12.2. The van der Waals surface area contributed by atoms with Crippen LogP contribution in [0, 0.1) is 0 Å². The molecule has 0 atom stereocenters. The minimum atomic E-state index is -3.34. The summed E-state index contributed by atoms with van der Waals surface area (Å²) < 4.78 is 35.6. The van der Waals surface area contributed by atoms with Gasteiger partial charge in [0.1, 0.15) is 12.3 Å². The number of hydrogen-bond donors (Lipinski definition) is 1. The van der Waals surface area contributed by atoms with Crippen molar-refractivity contribution < 1.29 is 22.5 Å². The molecule has 0 spiro atoms. The normalized spacial score (nSPS) is 13.8. The van der Waals surface area contributed by atoms with E-state index in [0.717, 1.165) is 6.26 Å². The van der Waals surface area contributed by atoms with Crippen molar-refractivity contribution in [3.05, 3.63) is 54.4 Å². The molecule has 0 saturated heterocycles. The Balaban J connectivity index is 1.53. The van der Waals surface area contributed by atoms with E-state index >= 15 is 0 Å². The summed E-state index contributed by atoms with van der Waals surface area (Å²) in [6.07, 6.45) is 1.08. The Hall–Kier alpha value is -3.40. The number of carbonyl (C=O) groups excluding carboxylic acids is 1. The van der Waals surface area contributed by atoms with Gasteiger partial charge in [0.25, 0.3) is 5.91 Å². The highest BCUT2D eigenvalue weighted by Gasteiger charge is 2.27. The van der Waals surface area contributed by atoms with Gasteiger partial charge in [0.15, 0.2) is 6.61 Å². The number of ether oxygens (including phenoxy) is 1. The third-order valence-electron chi connectivity index (χ3n) is 4.02. The number of aromatic nitrogens is 2. The molecule has 2 heterocycles. The molecule has 1 N–H and O–H groups in total. The molecule has 0 fully saturated rings. The largest absolute Gasteiger partial charge is 0.482 e. The Morgan fingerprint density at radius 3 is 2.64 bits per heavy atom. The van der Waals surface area contributed by atoms with E-state index in [2.05, 4.69) is 14.9 Å². The average molecular weight is 400 g/mol. The fraction of sp³-hybridized carbons (Fsp3) is 0.167. The molecule has 3 aromatic rings. The smallest absolute Gasteiger partial charge is 0.265 e. The average Bonchev–Trinajstić information content (AvgIpc) is 3.12. The van der Waals surface area contributed by atoms with Crippen LogP contribution in [0.4, 0.5) is 11.4 Å². The molecule has 10 heteroatoms. The first-order valence-electron chi connectivity index (χ1n) is 8.32. The second kappa shape index (κ2) is 6.97. The van der Waals surface area contributed by atoms with Crippen LogP contribution in [0.1, 0.15) is 5.89 Å². The monoisotopic (exact) mass is 400 g/mol. The zero-order valence-electron chi connectivity index (χ0n) is 14.8. The van der Waals surface area contributed by atoms with Gasteiger partial charge in [-0.2, -0.15) is 4.98 Å². The third-order valence-corrected chi connectivity index (χ3v) is 4.62. The topological polar surface area (TPSA) is 115 Å². The van der Waals surface area contributed by atoms with Crippen LogP contribution >= 0.6 is 0 Å². The quantitative estimate of drug-likeness (QED) is 0.697. The molecular formula is C18H16N4O5S. The number of nitrogens with one attached hydrogen (secondary N) is 1. The number of benzene rings is 2. The molecule has 1 amide bonds. The number of rotatable bonds is 5. The maximum Gasteiger partial charge on any atom is 0.265 e. The summed E-state index contributed by atoms with van der Waals surface area (Å²) in [7, 11) is -3.34. The van der Waals surface area contributed by atoms with E-state index in [4.69, 9.17) is 9.26 Å². The van der Waals surface area contributed by atoms with Crippen molar-refractivity contribution in [3.63, 3.8) is 0 Å². The number of amides is 1. The van der Waals surface area contributed by atoms with Crippen molar-refractivity contribution in [1.29, 1.82) is 0 Å². The van der Waals surface area contributed by atoms with Crippen molar-refractivity contribution in [3.8, 4) is 17.1 Å². The number of para-hydroxylation sites is 2. The lowest BCUT2D eigenvalue weighted by Crippen LogP contribution is -2.38. The van der Waals surface area contributed by atoms with Crippen LogP contribution in [0.25, 0.3) is 11.4 Å². The van der Waals surface area contributed by atoms with Crippen LogP contribution in [0.5, 0.6) is 5.75 Å². The lowest BCUT2D eigenvalue weighted by Gasteiger charge is -2.27. The Morgan fingerprint density at radius 1 is 1.14 bits per heavy atom. The molecule has 1 aliphatic heterocycles. The first-order valence-corrected chi connectivity index (χ1v) is 10.2. The summed E-state index contributed by atoms with van der Waals surface area (Å²) in [5.74, 6) is 1.04. The van der Waals surface area contributed by atoms with Crippen LogP contribution in [-0.4, -0.2) is 37.3 Å². The second-order valence-electron chi connectivity index (χ2n) is 6.20. The Bertz CT molecular complexity index is 1120. The Labute approximate surface area is 161 Å². The minimum absolute atomic E-state index is 0.0488. The molecule has 144 valence electrons. The third kappa shape index (κ3) is 3.81. The van der Waals surface area contributed by atoms with Gasteiger partial charge < -0.3 is 9.26 Å². The lowest BCUT2D eigenvalue weighted by atomic mass is 10.2. The predicted octanol–water partition coefficient (Wildman–Crippen LogP) is 2.03. The minimum Gasteiger partial charge on any atom is -0.482 e. The van der Waals surface area contributed by atoms with Gasteiger partial charge in [0.05, 0.1) is 11.9 Å². The number of nitrogens with zero attached hydrogens (tertiary/aromatic N) is 3. The van der Waals surface area contributed by atoms with E-state index < -0.39 is 10.0 Å². The highest BCUT2D eigenvalue weighted by atomic mass is 32.2. The first kappa shape index (κ1) is 18.0. The zero-order valence-corrected chi connectivity index (χ0v) is 15.6. The van der Waals surface area contributed by atoms with E-state index in [1.54, 1.807) is 36.4 Å². The summed E-state index contributed by atoms with van der Waals surface area (Å²) >= 11 is 0. The Morgan fingerprint density at radius 2 is 1.89 bits per heavy atom. The van der Waals surface area contributed by atoms with Crippen LogP contribution in [0.3, 0.4) is 0 Å². The van der Waals surface area contributed by atoms with Crippen LogP contribution < -0.4 is 14.4 Å². The number of fused-ring (bicyclic) bond motifs is 1. The van der Waals surface area contributed by atoms with Crippen LogP contribution in [-0.2, 0) is 21.4 Å². The number of sulfonamides is 1. The van der Waals surface area contributed by atoms with Gasteiger partial charge in [-0.3, -0.25) is 14.4 Å². The SMILES string of the molecule is CS(=O)(=O)Nc1ccc(-c2noc(CN3C(=O)COc4ccccc43)n2)cc1. The molecule has 4 rings (SSSR count). The van der Waals surface area contributed by atoms with Crippen molar-refractivity contribution in [2.24, 2.45) is 0 Å². The van der Waals surface area contributed by atoms with E-state index in [1.807, 2.05) is 12.1 Å². The summed E-state index contributed by atoms with van der Waals surface area (Å²) in [5.41, 5.74) is 1.74. The molecule has 0 unspecified atom stereocenters. The van der Waals surface area contributed by atoms with Crippen LogP contribution in [0.2, 0.25) is 0 Å². The molecule has 2 aromatic carbocycles. The predicted molar refractivity (Wildman–Crippen MR) is 101 cm³/mol. The zero-order chi connectivity index (χ0) is 19.7. The number of carbonyl (C=O) groups is 1. The summed E-state index contributed by atoms with van der Waals surface area (Å²) in [6, 6.07) is 13.8. The van der Waals surface area contributed by atoms with Gasteiger partial charge in [-0.1, -0.05) is 17.3 Å². The van der Waals surface area contributed by atoms with Gasteiger partial charge in [-0.05, 0) is 36.4 Å². The van der Waals surface area contributed by atoms with Gasteiger partial charge in [0, 0.05) is 11.3 Å². The Kier molecular flexibility index (Phi) is 4.47.